The molecule has 0 amide bonds. The number of para-hydroxylation sites is 2. The molecule has 0 saturated carbocycles. The summed E-state index contributed by atoms with van der Waals surface area (Å²) in [4.78, 5) is 0. The third-order valence-electron chi connectivity index (χ3n) is 10.5. The molecule has 0 fully saturated rings. The molecule has 2 aliphatic rings. The second kappa shape index (κ2) is 11.6. The number of aromatic nitrogens is 2. The molecule has 2 aliphatic carbocycles. The molecule has 51 heavy (non-hydrogen) atoms. The minimum absolute atomic E-state index is 0.353. The molecule has 7 aromatic rings. The van der Waals surface area contributed by atoms with Crippen molar-refractivity contribution in [1.82, 2.24) is 9.13 Å². The van der Waals surface area contributed by atoms with Crippen molar-refractivity contribution in [3.05, 3.63) is 155 Å². The third kappa shape index (κ3) is 4.66. The van der Waals surface area contributed by atoms with Crippen LogP contribution in [0.1, 0.15) is 42.1 Å². The number of hydrogen-bond donors (Lipinski definition) is 0. The van der Waals surface area contributed by atoms with Gasteiger partial charge in [-0.05, 0) is 103 Å². The Labute approximate surface area is 296 Å². The number of rotatable bonds is 4. The van der Waals surface area contributed by atoms with E-state index in [1.165, 1.54) is 10.9 Å². The van der Waals surface area contributed by atoms with Crippen molar-refractivity contribution in [2.75, 3.05) is 0 Å². The van der Waals surface area contributed by atoms with Gasteiger partial charge in [0.1, 0.15) is 5.41 Å². The molecule has 0 bridgehead atoms. The van der Waals surface area contributed by atoms with Gasteiger partial charge in [-0.3, -0.25) is 0 Å². The van der Waals surface area contributed by atoms with Crippen molar-refractivity contribution in [1.29, 1.82) is 15.8 Å². The molecular formula is C46H31N5. The van der Waals surface area contributed by atoms with E-state index >= 15 is 0 Å². The Morgan fingerprint density at radius 2 is 1.37 bits per heavy atom. The number of hydrogen-bond acceptors (Lipinski definition) is 3. The van der Waals surface area contributed by atoms with Gasteiger partial charge < -0.3 is 9.13 Å². The summed E-state index contributed by atoms with van der Waals surface area (Å²) in [5.41, 5.74) is 11.9. The standard InChI is InChI=1S/C46H31N5/c1-46(29-49)26-31(28-48)24-39(45(46)51-42-15-6-2-11-36(42)37-12-3-7-16-43(37)51)34-10-8-9-33(25-34)32-18-20-35(21-19-32)50-41-14-5-4-13-38(41)40-23-30(27-47)17-22-44(40)50/h2,4-11,13-25H,3,12,26H2,1H3. The van der Waals surface area contributed by atoms with Gasteiger partial charge in [0.25, 0.3) is 0 Å². The van der Waals surface area contributed by atoms with E-state index in [1.54, 1.807) is 0 Å². The molecule has 0 spiro atoms. The van der Waals surface area contributed by atoms with Crippen LogP contribution in [-0.4, -0.2) is 9.13 Å². The predicted molar refractivity (Wildman–Crippen MR) is 205 cm³/mol. The minimum atomic E-state index is -0.927. The second-order valence-electron chi connectivity index (χ2n) is 13.6. The van der Waals surface area contributed by atoms with Crippen LogP contribution < -0.4 is 0 Å². The summed E-state index contributed by atoms with van der Waals surface area (Å²) in [5, 5.41) is 33.9. The lowest BCUT2D eigenvalue weighted by molar-refractivity contribution is 0.560. The van der Waals surface area contributed by atoms with Crippen molar-refractivity contribution in [2.45, 2.75) is 26.2 Å². The zero-order chi connectivity index (χ0) is 34.7. The summed E-state index contributed by atoms with van der Waals surface area (Å²) in [5.74, 6) is 0. The van der Waals surface area contributed by atoms with E-state index in [2.05, 4.69) is 124 Å². The first-order valence-electron chi connectivity index (χ1n) is 17.2. The monoisotopic (exact) mass is 653 g/mol. The maximum atomic E-state index is 10.8. The molecule has 2 aromatic heterocycles. The first-order valence-corrected chi connectivity index (χ1v) is 17.2. The Hall–Kier alpha value is -6.87. The first kappa shape index (κ1) is 30.2. The van der Waals surface area contributed by atoms with E-state index in [-0.39, 0.29) is 0 Å². The number of benzene rings is 5. The van der Waals surface area contributed by atoms with Crippen LogP contribution >= 0.6 is 0 Å². The highest BCUT2D eigenvalue weighted by atomic mass is 15.0. The van der Waals surface area contributed by atoms with Crippen molar-refractivity contribution in [3.63, 3.8) is 0 Å². The summed E-state index contributed by atoms with van der Waals surface area (Å²) in [6.45, 7) is 1.97. The highest BCUT2D eigenvalue weighted by Crippen LogP contribution is 2.49. The van der Waals surface area contributed by atoms with Crippen LogP contribution in [0, 0.1) is 39.4 Å². The third-order valence-corrected chi connectivity index (χ3v) is 10.5. The fourth-order valence-corrected chi connectivity index (χ4v) is 8.22. The van der Waals surface area contributed by atoms with Crippen LogP contribution in [0.2, 0.25) is 0 Å². The summed E-state index contributed by atoms with van der Waals surface area (Å²) in [7, 11) is 0. The van der Waals surface area contributed by atoms with Crippen LogP contribution in [0.3, 0.4) is 0 Å². The maximum Gasteiger partial charge on any atom is 0.100 e. The summed E-state index contributed by atoms with van der Waals surface area (Å²) >= 11 is 0. The summed E-state index contributed by atoms with van der Waals surface area (Å²) < 4.78 is 4.54. The van der Waals surface area contributed by atoms with E-state index in [4.69, 9.17) is 0 Å². The molecule has 240 valence electrons. The zero-order valence-electron chi connectivity index (χ0n) is 28.1. The topological polar surface area (TPSA) is 81.2 Å². The zero-order valence-corrected chi connectivity index (χ0v) is 28.1. The van der Waals surface area contributed by atoms with Crippen LogP contribution in [0.4, 0.5) is 0 Å². The van der Waals surface area contributed by atoms with Crippen LogP contribution in [0.25, 0.3) is 66.9 Å². The van der Waals surface area contributed by atoms with E-state index in [0.29, 0.717) is 17.6 Å². The van der Waals surface area contributed by atoms with E-state index in [1.807, 2.05) is 43.3 Å². The van der Waals surface area contributed by atoms with Gasteiger partial charge in [0, 0.05) is 45.1 Å². The molecule has 2 heterocycles. The molecule has 0 radical (unpaired) electrons. The Morgan fingerprint density at radius 3 is 2.14 bits per heavy atom. The van der Waals surface area contributed by atoms with Crippen molar-refractivity contribution < 1.29 is 0 Å². The number of nitrogens with zero attached hydrogens (tertiary/aromatic N) is 5. The summed E-state index contributed by atoms with van der Waals surface area (Å²) in [6, 6.07) is 47.0. The van der Waals surface area contributed by atoms with Crippen LogP contribution in [0.5, 0.6) is 0 Å². The van der Waals surface area contributed by atoms with Gasteiger partial charge in [0.2, 0.25) is 0 Å². The first-order chi connectivity index (χ1) is 25.0. The van der Waals surface area contributed by atoms with Gasteiger partial charge in [0.15, 0.2) is 0 Å². The van der Waals surface area contributed by atoms with E-state index < -0.39 is 5.41 Å². The molecule has 5 heteroatoms. The number of nitriles is 3. The molecular weight excluding hydrogens is 623 g/mol. The summed E-state index contributed by atoms with van der Waals surface area (Å²) in [6.07, 6.45) is 8.69. The van der Waals surface area contributed by atoms with E-state index in [9.17, 15) is 15.8 Å². The average molecular weight is 654 g/mol. The lowest BCUT2D eigenvalue weighted by Gasteiger charge is -2.33. The normalized spacial score (nSPS) is 16.9. The Bertz CT molecular complexity index is 2820. The van der Waals surface area contributed by atoms with Gasteiger partial charge >= 0.3 is 0 Å². The molecule has 1 unspecified atom stereocenters. The Morgan fingerprint density at radius 1 is 0.647 bits per heavy atom. The predicted octanol–water partition coefficient (Wildman–Crippen LogP) is 11.0. The van der Waals surface area contributed by atoms with Crippen molar-refractivity contribution in [3.8, 4) is 35.0 Å². The Balaban J connectivity index is 1.20. The van der Waals surface area contributed by atoms with Gasteiger partial charge in [-0.25, -0.2) is 0 Å². The molecule has 5 nitrogen and oxygen atoms in total. The second-order valence-corrected chi connectivity index (χ2v) is 13.6. The highest BCUT2D eigenvalue weighted by Gasteiger charge is 2.39. The lowest BCUT2D eigenvalue weighted by Crippen LogP contribution is -2.26. The molecule has 9 rings (SSSR count). The smallest absolute Gasteiger partial charge is 0.100 e. The van der Waals surface area contributed by atoms with Crippen molar-refractivity contribution in [2.24, 2.45) is 5.41 Å². The van der Waals surface area contributed by atoms with Crippen LogP contribution in [0.15, 0.2) is 133 Å². The maximum absolute atomic E-state index is 10.8. The van der Waals surface area contributed by atoms with Gasteiger partial charge in [-0.15, -0.1) is 0 Å². The van der Waals surface area contributed by atoms with E-state index in [0.717, 1.165) is 79.5 Å². The van der Waals surface area contributed by atoms with Crippen molar-refractivity contribution >= 4 is 50.1 Å². The largest absolute Gasteiger partial charge is 0.311 e. The SMILES string of the molecule is CC1(C#N)CC(C#N)=CC(c2cccc(-c3ccc(-n4c5ccccc5c5cc(C#N)ccc54)cc3)c2)=C1n1c2c(c3ccccc31)CCC=C2. The lowest BCUT2D eigenvalue weighted by atomic mass is 9.74. The van der Waals surface area contributed by atoms with Gasteiger partial charge in [-0.1, -0.05) is 72.8 Å². The number of fused-ring (bicyclic) bond motifs is 6. The molecule has 5 aromatic carbocycles. The highest BCUT2D eigenvalue weighted by molar-refractivity contribution is 6.09. The van der Waals surface area contributed by atoms with Gasteiger partial charge in [-0.2, -0.15) is 15.8 Å². The van der Waals surface area contributed by atoms with Gasteiger partial charge in [0.05, 0.1) is 46.0 Å². The Kier molecular flexibility index (Phi) is 6.89. The molecule has 1 atom stereocenters. The average Bonchev–Trinajstić information content (AvgIpc) is 3.70. The molecule has 0 aliphatic heterocycles. The van der Waals surface area contributed by atoms with Crippen LogP contribution in [-0.2, 0) is 6.42 Å². The minimum Gasteiger partial charge on any atom is -0.311 e. The number of allylic oxidation sites excluding steroid dienone is 5. The fraction of sp³-hybridized carbons (Fsp3) is 0.109. The number of aryl methyl sites for hydroxylation is 1. The fourth-order valence-electron chi connectivity index (χ4n) is 8.22. The molecule has 0 N–H and O–H groups in total. The molecule has 0 saturated heterocycles. The quantitative estimate of drug-likeness (QED) is 0.190.